The van der Waals surface area contributed by atoms with Crippen LogP contribution in [0.1, 0.15) is 31.2 Å². The molecular weight excluding hydrogens is 230 g/mol. The molecular formula is C14H19NO3. The molecule has 0 aromatic heterocycles. The zero-order valence-corrected chi connectivity index (χ0v) is 10.3. The quantitative estimate of drug-likeness (QED) is 0.784. The van der Waals surface area contributed by atoms with E-state index < -0.39 is 17.6 Å². The second kappa shape index (κ2) is 5.50. The first-order valence-corrected chi connectivity index (χ1v) is 6.30. The minimum atomic E-state index is -0.894. The third kappa shape index (κ3) is 2.54. The van der Waals surface area contributed by atoms with Gasteiger partial charge in [0.05, 0.1) is 6.61 Å². The summed E-state index contributed by atoms with van der Waals surface area (Å²) in [5.74, 6) is -0.833. The summed E-state index contributed by atoms with van der Waals surface area (Å²) in [4.78, 5) is 11.4. The minimum Gasteiger partial charge on any atom is -0.481 e. The van der Waals surface area contributed by atoms with Crippen molar-refractivity contribution in [3.63, 3.8) is 0 Å². The summed E-state index contributed by atoms with van der Waals surface area (Å²) in [6.07, 6.45) is 2.30. The van der Waals surface area contributed by atoms with Crippen molar-refractivity contribution in [1.29, 1.82) is 0 Å². The van der Waals surface area contributed by atoms with Crippen molar-refractivity contribution in [3.05, 3.63) is 35.9 Å². The lowest BCUT2D eigenvalue weighted by Crippen LogP contribution is -2.47. The minimum absolute atomic E-state index is 0.358. The van der Waals surface area contributed by atoms with E-state index in [2.05, 4.69) is 0 Å². The molecule has 98 valence electrons. The summed E-state index contributed by atoms with van der Waals surface area (Å²) in [5, 5.41) is 9.37. The SMILES string of the molecule is NC(OCc1ccccc1)C1(C(=O)O)CCCC1. The van der Waals surface area contributed by atoms with Crippen LogP contribution in [0.3, 0.4) is 0 Å². The van der Waals surface area contributed by atoms with Crippen molar-refractivity contribution in [2.75, 3.05) is 0 Å². The molecule has 4 nitrogen and oxygen atoms in total. The fourth-order valence-electron chi connectivity index (χ4n) is 2.55. The molecule has 2 rings (SSSR count). The molecule has 1 aliphatic rings. The highest BCUT2D eigenvalue weighted by atomic mass is 16.5. The van der Waals surface area contributed by atoms with Crippen LogP contribution in [0.4, 0.5) is 0 Å². The number of carboxylic acid groups (broad SMARTS) is 1. The monoisotopic (exact) mass is 249 g/mol. The number of aliphatic carboxylic acids is 1. The number of rotatable bonds is 5. The lowest BCUT2D eigenvalue weighted by atomic mass is 9.84. The Morgan fingerprint density at radius 1 is 1.33 bits per heavy atom. The van der Waals surface area contributed by atoms with Crippen LogP contribution in [0.5, 0.6) is 0 Å². The van der Waals surface area contributed by atoms with Crippen LogP contribution in [0.25, 0.3) is 0 Å². The third-order valence-electron chi connectivity index (χ3n) is 3.74. The summed E-state index contributed by atoms with van der Waals surface area (Å²) >= 11 is 0. The van der Waals surface area contributed by atoms with Gasteiger partial charge in [-0.25, -0.2) is 0 Å². The van der Waals surface area contributed by atoms with Crippen LogP contribution in [-0.2, 0) is 16.1 Å². The first kappa shape index (κ1) is 13.1. The predicted molar refractivity (Wildman–Crippen MR) is 67.7 cm³/mol. The summed E-state index contributed by atoms with van der Waals surface area (Å²) in [7, 11) is 0. The Bertz CT molecular complexity index is 399. The smallest absolute Gasteiger partial charge is 0.313 e. The lowest BCUT2D eigenvalue weighted by molar-refractivity contribution is -0.160. The number of nitrogens with two attached hydrogens (primary N) is 1. The first-order valence-electron chi connectivity index (χ1n) is 6.30. The van der Waals surface area contributed by atoms with Crippen molar-refractivity contribution in [3.8, 4) is 0 Å². The Morgan fingerprint density at radius 2 is 1.94 bits per heavy atom. The highest BCUT2D eigenvalue weighted by Gasteiger charge is 2.47. The van der Waals surface area contributed by atoms with Gasteiger partial charge in [-0.05, 0) is 18.4 Å². The van der Waals surface area contributed by atoms with Gasteiger partial charge in [-0.3, -0.25) is 4.79 Å². The van der Waals surface area contributed by atoms with E-state index in [1.807, 2.05) is 30.3 Å². The molecule has 0 aliphatic heterocycles. The molecule has 0 heterocycles. The van der Waals surface area contributed by atoms with Crippen LogP contribution in [0.2, 0.25) is 0 Å². The van der Waals surface area contributed by atoms with Crippen molar-refractivity contribution in [2.45, 2.75) is 38.5 Å². The maximum Gasteiger partial charge on any atom is 0.313 e. The molecule has 18 heavy (non-hydrogen) atoms. The summed E-state index contributed by atoms with van der Waals surface area (Å²) in [6, 6.07) is 9.66. The molecule has 1 aromatic carbocycles. The van der Waals surface area contributed by atoms with E-state index in [0.29, 0.717) is 19.4 Å². The third-order valence-corrected chi connectivity index (χ3v) is 3.74. The van der Waals surface area contributed by atoms with Gasteiger partial charge in [0, 0.05) is 0 Å². The normalized spacial score (nSPS) is 19.6. The van der Waals surface area contributed by atoms with Gasteiger partial charge in [0.1, 0.15) is 11.6 Å². The Balaban J connectivity index is 1.98. The van der Waals surface area contributed by atoms with E-state index in [1.54, 1.807) is 0 Å². The second-order valence-electron chi connectivity index (χ2n) is 4.89. The molecule has 0 radical (unpaired) electrons. The average Bonchev–Trinajstić information content (AvgIpc) is 2.88. The molecule has 0 spiro atoms. The topological polar surface area (TPSA) is 72.5 Å². The fraction of sp³-hybridized carbons (Fsp3) is 0.500. The number of hydrogen-bond donors (Lipinski definition) is 2. The molecule has 3 N–H and O–H groups in total. The van der Waals surface area contributed by atoms with E-state index in [4.69, 9.17) is 10.5 Å². The van der Waals surface area contributed by atoms with Gasteiger partial charge in [0.15, 0.2) is 0 Å². The number of carboxylic acids is 1. The maximum atomic E-state index is 11.4. The highest BCUT2D eigenvalue weighted by Crippen LogP contribution is 2.41. The number of carbonyl (C=O) groups is 1. The Morgan fingerprint density at radius 3 is 2.50 bits per heavy atom. The molecule has 1 aromatic rings. The van der Waals surface area contributed by atoms with Gasteiger partial charge in [-0.2, -0.15) is 0 Å². The number of ether oxygens (including phenoxy) is 1. The van der Waals surface area contributed by atoms with Crippen LogP contribution >= 0.6 is 0 Å². The standard InChI is InChI=1S/C14H19NO3/c15-12(14(13(16)17)8-4-5-9-14)18-10-11-6-2-1-3-7-11/h1-3,6-7,12H,4-5,8-10,15H2,(H,16,17). The van der Waals surface area contributed by atoms with Crippen molar-refractivity contribution >= 4 is 5.97 Å². The Labute approximate surface area is 107 Å². The fourth-order valence-corrected chi connectivity index (χ4v) is 2.55. The summed E-state index contributed by atoms with van der Waals surface area (Å²) < 4.78 is 5.57. The average molecular weight is 249 g/mol. The van der Waals surface area contributed by atoms with Gasteiger partial charge in [-0.1, -0.05) is 43.2 Å². The number of benzene rings is 1. The maximum absolute atomic E-state index is 11.4. The van der Waals surface area contributed by atoms with Crippen LogP contribution in [0, 0.1) is 5.41 Å². The highest BCUT2D eigenvalue weighted by molar-refractivity contribution is 5.75. The van der Waals surface area contributed by atoms with Gasteiger partial charge in [-0.15, -0.1) is 0 Å². The summed E-state index contributed by atoms with van der Waals surface area (Å²) in [6.45, 7) is 0.358. The van der Waals surface area contributed by atoms with Gasteiger partial charge in [0.2, 0.25) is 0 Å². The largest absolute Gasteiger partial charge is 0.481 e. The zero-order valence-electron chi connectivity index (χ0n) is 10.3. The van der Waals surface area contributed by atoms with Gasteiger partial charge < -0.3 is 15.6 Å². The van der Waals surface area contributed by atoms with Crippen molar-refractivity contribution in [1.82, 2.24) is 0 Å². The van der Waals surface area contributed by atoms with Crippen molar-refractivity contribution < 1.29 is 14.6 Å². The predicted octanol–water partition coefficient (Wildman–Crippen LogP) is 2.13. The lowest BCUT2D eigenvalue weighted by Gasteiger charge is -2.30. The summed E-state index contributed by atoms with van der Waals surface area (Å²) in [5.41, 5.74) is 6.07. The van der Waals surface area contributed by atoms with Crippen LogP contribution < -0.4 is 5.73 Å². The van der Waals surface area contributed by atoms with E-state index in [0.717, 1.165) is 18.4 Å². The van der Waals surface area contributed by atoms with Crippen molar-refractivity contribution in [2.24, 2.45) is 11.1 Å². The molecule has 1 aliphatic carbocycles. The second-order valence-corrected chi connectivity index (χ2v) is 4.89. The molecule has 1 fully saturated rings. The van der Waals surface area contributed by atoms with Gasteiger partial charge >= 0.3 is 5.97 Å². The van der Waals surface area contributed by atoms with E-state index in [-0.39, 0.29) is 0 Å². The zero-order chi connectivity index (χ0) is 13.0. The van der Waals surface area contributed by atoms with E-state index in [9.17, 15) is 9.90 Å². The Kier molecular flexibility index (Phi) is 3.99. The molecule has 1 saturated carbocycles. The van der Waals surface area contributed by atoms with E-state index in [1.165, 1.54) is 0 Å². The molecule has 1 unspecified atom stereocenters. The molecule has 0 saturated heterocycles. The Hall–Kier alpha value is -1.39. The van der Waals surface area contributed by atoms with E-state index >= 15 is 0 Å². The first-order chi connectivity index (χ1) is 8.65. The van der Waals surface area contributed by atoms with Gasteiger partial charge in [0.25, 0.3) is 0 Å². The van der Waals surface area contributed by atoms with Crippen LogP contribution in [-0.4, -0.2) is 17.3 Å². The molecule has 1 atom stereocenters. The molecule has 4 heteroatoms. The molecule has 0 amide bonds. The van der Waals surface area contributed by atoms with Crippen LogP contribution in [0.15, 0.2) is 30.3 Å². The molecule has 0 bridgehead atoms. The number of hydrogen-bond acceptors (Lipinski definition) is 3.